The number of nitrogens with one attached hydrogen (secondary N) is 2. The van der Waals surface area contributed by atoms with Gasteiger partial charge < -0.3 is 19.3 Å². The number of aromatic nitrogens is 1. The maximum atomic E-state index is 13.1. The summed E-state index contributed by atoms with van der Waals surface area (Å²) in [5.41, 5.74) is 2.73. The standard InChI is InChI=1S/C28H35N3O4S/c1-28(2,3)36(33)31-25(18-24-16-10-11-17-29-24)26(21-34-19-22-12-6-4-7-13-22)30-27(32)35-20-23-14-8-5-9-15-23/h4-17,25-26,31H,18-21H2,1-3H3,(H,30,32). The molecule has 3 atom stereocenters. The van der Waals surface area contributed by atoms with Crippen LogP contribution in [0.25, 0.3) is 0 Å². The second-order valence-electron chi connectivity index (χ2n) is 9.44. The minimum atomic E-state index is -1.38. The summed E-state index contributed by atoms with van der Waals surface area (Å²) in [6.07, 6.45) is 1.60. The SMILES string of the molecule is CC(C)(C)[S+]([O-])NC(Cc1ccccn1)C(COCc1ccccc1)NC(=O)OCc1ccccc1. The van der Waals surface area contributed by atoms with E-state index in [2.05, 4.69) is 15.0 Å². The quantitative estimate of drug-likeness (QED) is 0.348. The van der Waals surface area contributed by atoms with Gasteiger partial charge in [-0.1, -0.05) is 66.7 Å². The number of amides is 1. The highest BCUT2D eigenvalue weighted by Crippen LogP contribution is 2.17. The van der Waals surface area contributed by atoms with Crippen LogP contribution in [0.1, 0.15) is 37.6 Å². The predicted molar refractivity (Wildman–Crippen MR) is 142 cm³/mol. The molecule has 7 nitrogen and oxygen atoms in total. The van der Waals surface area contributed by atoms with Crippen LogP contribution in [0, 0.1) is 0 Å². The molecular formula is C28H35N3O4S. The molecule has 1 aromatic heterocycles. The molecule has 2 N–H and O–H groups in total. The van der Waals surface area contributed by atoms with Crippen LogP contribution in [0.4, 0.5) is 4.79 Å². The van der Waals surface area contributed by atoms with Gasteiger partial charge in [-0.25, -0.2) is 4.79 Å². The largest absolute Gasteiger partial charge is 0.598 e. The van der Waals surface area contributed by atoms with Crippen molar-refractivity contribution >= 4 is 17.5 Å². The molecule has 3 aromatic rings. The van der Waals surface area contributed by atoms with Crippen LogP contribution in [0.2, 0.25) is 0 Å². The van der Waals surface area contributed by atoms with Crippen molar-refractivity contribution in [1.29, 1.82) is 0 Å². The smallest absolute Gasteiger partial charge is 0.407 e. The molecule has 1 amide bonds. The Labute approximate surface area is 216 Å². The first kappa shape index (κ1) is 27.7. The lowest BCUT2D eigenvalue weighted by atomic mass is 10.0. The van der Waals surface area contributed by atoms with Crippen molar-refractivity contribution in [2.45, 2.75) is 57.2 Å². The Kier molecular flexibility index (Phi) is 10.8. The maximum Gasteiger partial charge on any atom is 0.407 e. The zero-order chi connectivity index (χ0) is 25.8. The van der Waals surface area contributed by atoms with Gasteiger partial charge in [-0.2, -0.15) is 0 Å². The highest BCUT2D eigenvalue weighted by atomic mass is 32.2. The summed E-state index contributed by atoms with van der Waals surface area (Å²) in [4.78, 5) is 17.2. The Hall–Kier alpha value is -2.91. The van der Waals surface area contributed by atoms with Crippen LogP contribution < -0.4 is 10.0 Å². The molecule has 8 heteroatoms. The van der Waals surface area contributed by atoms with Gasteiger partial charge >= 0.3 is 6.09 Å². The van der Waals surface area contributed by atoms with Crippen LogP contribution in [0.15, 0.2) is 85.1 Å². The van der Waals surface area contributed by atoms with Crippen LogP contribution in [0.3, 0.4) is 0 Å². The predicted octanol–water partition coefficient (Wildman–Crippen LogP) is 4.56. The Morgan fingerprint density at radius 1 is 0.917 bits per heavy atom. The number of hydrogen-bond acceptors (Lipinski definition) is 6. The van der Waals surface area contributed by atoms with Gasteiger partial charge in [0, 0.05) is 29.7 Å². The molecule has 0 aliphatic rings. The fourth-order valence-electron chi connectivity index (χ4n) is 3.38. The van der Waals surface area contributed by atoms with Crippen LogP contribution >= 0.6 is 0 Å². The highest BCUT2D eigenvalue weighted by molar-refractivity contribution is 7.90. The summed E-state index contributed by atoms with van der Waals surface area (Å²) in [5, 5.41) is 2.94. The molecule has 0 bridgehead atoms. The molecule has 1 heterocycles. The lowest BCUT2D eigenvalue weighted by Crippen LogP contribution is -2.57. The van der Waals surface area contributed by atoms with Gasteiger partial charge in [-0.3, -0.25) is 4.98 Å². The normalized spacial score (nSPS) is 14.0. The van der Waals surface area contributed by atoms with Crippen molar-refractivity contribution in [3.8, 4) is 0 Å². The van der Waals surface area contributed by atoms with E-state index in [4.69, 9.17) is 9.47 Å². The van der Waals surface area contributed by atoms with Crippen molar-refractivity contribution < 1.29 is 18.8 Å². The number of rotatable bonds is 12. The highest BCUT2D eigenvalue weighted by Gasteiger charge is 2.34. The number of carbonyl (C=O) groups is 1. The average molecular weight is 510 g/mol. The minimum absolute atomic E-state index is 0.149. The van der Waals surface area contributed by atoms with Gasteiger partial charge in [-0.15, -0.1) is 4.72 Å². The van der Waals surface area contributed by atoms with Crippen molar-refractivity contribution in [1.82, 2.24) is 15.0 Å². The number of pyridine rings is 1. The monoisotopic (exact) mass is 509 g/mol. The number of hydrogen-bond donors (Lipinski definition) is 2. The topological polar surface area (TPSA) is 95.5 Å². The number of carbonyl (C=O) groups excluding carboxylic acids is 1. The molecule has 0 saturated carbocycles. The van der Waals surface area contributed by atoms with Crippen LogP contribution in [0.5, 0.6) is 0 Å². The molecule has 0 radical (unpaired) electrons. The third kappa shape index (κ3) is 9.62. The molecule has 0 saturated heterocycles. The number of alkyl carbamates (subject to hydrolysis) is 1. The number of nitrogens with zero attached hydrogens (tertiary/aromatic N) is 1. The minimum Gasteiger partial charge on any atom is -0.598 e. The molecule has 3 unspecified atom stereocenters. The fourth-order valence-corrected chi connectivity index (χ4v) is 4.25. The van der Waals surface area contributed by atoms with Crippen molar-refractivity contribution in [3.05, 3.63) is 102 Å². The lowest BCUT2D eigenvalue weighted by Gasteiger charge is -2.32. The Bertz CT molecular complexity index is 1030. The first-order valence-corrected chi connectivity index (χ1v) is 13.1. The average Bonchev–Trinajstić information content (AvgIpc) is 2.88. The summed E-state index contributed by atoms with van der Waals surface area (Å²) in [6, 6.07) is 24.0. The van der Waals surface area contributed by atoms with Gasteiger partial charge in [0.05, 0.1) is 25.3 Å². The van der Waals surface area contributed by atoms with E-state index in [-0.39, 0.29) is 13.2 Å². The van der Waals surface area contributed by atoms with Gasteiger partial charge in [0.2, 0.25) is 0 Å². The van der Waals surface area contributed by atoms with Crippen molar-refractivity contribution in [2.24, 2.45) is 0 Å². The van der Waals surface area contributed by atoms with E-state index in [0.717, 1.165) is 16.8 Å². The van der Waals surface area contributed by atoms with Crippen LogP contribution in [-0.4, -0.2) is 39.1 Å². The summed E-state index contributed by atoms with van der Waals surface area (Å²) >= 11 is -1.38. The van der Waals surface area contributed by atoms with Crippen molar-refractivity contribution in [2.75, 3.05) is 6.61 Å². The van der Waals surface area contributed by atoms with Gasteiger partial charge in [0.15, 0.2) is 0 Å². The number of ether oxygens (including phenoxy) is 2. The zero-order valence-electron chi connectivity index (χ0n) is 21.1. The van der Waals surface area contributed by atoms with E-state index in [1.807, 2.05) is 99.6 Å². The third-order valence-electron chi connectivity index (χ3n) is 5.38. The number of benzene rings is 2. The molecule has 36 heavy (non-hydrogen) atoms. The van der Waals surface area contributed by atoms with Gasteiger partial charge in [0.25, 0.3) is 0 Å². The molecule has 3 rings (SSSR count). The summed E-state index contributed by atoms with van der Waals surface area (Å²) in [5.74, 6) is 0. The maximum absolute atomic E-state index is 13.1. The van der Waals surface area contributed by atoms with E-state index in [1.165, 1.54) is 0 Å². The molecule has 0 aliphatic heterocycles. The Morgan fingerprint density at radius 3 is 2.11 bits per heavy atom. The lowest BCUT2D eigenvalue weighted by molar-refractivity contribution is 0.0806. The molecule has 192 valence electrons. The molecule has 0 fully saturated rings. The zero-order valence-corrected chi connectivity index (χ0v) is 21.9. The van der Waals surface area contributed by atoms with Gasteiger partial charge in [0.1, 0.15) is 11.4 Å². The van der Waals surface area contributed by atoms with E-state index in [0.29, 0.717) is 13.0 Å². The molecule has 2 aromatic carbocycles. The summed E-state index contributed by atoms with van der Waals surface area (Å²) in [7, 11) is 0. The summed E-state index contributed by atoms with van der Waals surface area (Å²) in [6.45, 7) is 6.43. The van der Waals surface area contributed by atoms with Gasteiger partial charge in [-0.05, 0) is 44.0 Å². The van der Waals surface area contributed by atoms with Crippen molar-refractivity contribution in [3.63, 3.8) is 0 Å². The second kappa shape index (κ2) is 14.0. The third-order valence-corrected chi connectivity index (χ3v) is 7.01. The Balaban J connectivity index is 1.74. The van der Waals surface area contributed by atoms with E-state index in [9.17, 15) is 9.35 Å². The fraction of sp³-hybridized carbons (Fsp3) is 0.357. The first-order chi connectivity index (χ1) is 17.3. The van der Waals surface area contributed by atoms with E-state index in [1.54, 1.807) is 6.20 Å². The second-order valence-corrected chi connectivity index (χ2v) is 11.4. The van der Waals surface area contributed by atoms with E-state index < -0.39 is 34.3 Å². The molecule has 0 aliphatic carbocycles. The van der Waals surface area contributed by atoms with E-state index >= 15 is 0 Å². The van der Waals surface area contributed by atoms with Crippen LogP contribution in [-0.2, 0) is 40.5 Å². The summed E-state index contributed by atoms with van der Waals surface area (Å²) < 4.78 is 27.2. The Morgan fingerprint density at radius 2 is 1.53 bits per heavy atom. The first-order valence-electron chi connectivity index (χ1n) is 12.0. The molecule has 0 spiro atoms. The molecular weight excluding hydrogens is 474 g/mol.